The van der Waals surface area contributed by atoms with E-state index in [0.29, 0.717) is 15.2 Å². The maximum atomic E-state index is 12.5. The Morgan fingerprint density at radius 1 is 1.29 bits per heavy atom. The van der Waals surface area contributed by atoms with Crippen LogP contribution in [0.2, 0.25) is 5.02 Å². The number of primary amides is 1. The summed E-state index contributed by atoms with van der Waals surface area (Å²) in [5, 5.41) is 2.53. The number of rotatable bonds is 3. The highest BCUT2D eigenvalue weighted by Gasteiger charge is 2.13. The van der Waals surface area contributed by atoms with Gasteiger partial charge in [0, 0.05) is 9.90 Å². The quantitative estimate of drug-likeness (QED) is 0.742. The molecule has 122 valence electrons. The molecule has 3 rings (SSSR count). The van der Waals surface area contributed by atoms with Crippen LogP contribution in [0.5, 0.6) is 0 Å². The van der Waals surface area contributed by atoms with Crippen molar-refractivity contribution in [2.24, 2.45) is 5.73 Å². The molecule has 3 aromatic rings. The van der Waals surface area contributed by atoms with Crippen LogP contribution >= 0.6 is 22.9 Å². The molecule has 0 radical (unpaired) electrons. The second-order valence-corrected chi connectivity index (χ2v) is 6.41. The highest BCUT2D eigenvalue weighted by atomic mass is 35.5. The lowest BCUT2D eigenvalue weighted by Gasteiger charge is -2.03. The zero-order valence-electron chi connectivity index (χ0n) is 12.2. The van der Waals surface area contributed by atoms with Crippen LogP contribution in [0, 0.1) is 0 Å². The minimum atomic E-state index is -0.969. The third-order valence-electron chi connectivity index (χ3n) is 3.21. The van der Waals surface area contributed by atoms with E-state index in [1.807, 2.05) is 17.4 Å². The van der Waals surface area contributed by atoms with Crippen molar-refractivity contribution >= 4 is 45.1 Å². The molecule has 0 fully saturated rings. The third-order valence-corrected chi connectivity index (χ3v) is 4.62. The van der Waals surface area contributed by atoms with Crippen molar-refractivity contribution in [1.29, 1.82) is 0 Å². The second kappa shape index (κ2) is 6.42. The van der Waals surface area contributed by atoms with E-state index in [1.54, 1.807) is 18.2 Å². The summed E-state index contributed by atoms with van der Waals surface area (Å²) in [6.07, 6.45) is 1.27. The van der Waals surface area contributed by atoms with Crippen molar-refractivity contribution in [2.75, 3.05) is 0 Å². The summed E-state index contributed by atoms with van der Waals surface area (Å²) < 4.78 is 1.55. The van der Waals surface area contributed by atoms with Crippen LogP contribution in [-0.4, -0.2) is 21.5 Å². The van der Waals surface area contributed by atoms with Crippen molar-refractivity contribution in [2.45, 2.75) is 6.54 Å². The van der Waals surface area contributed by atoms with E-state index in [0.717, 1.165) is 15.0 Å². The first-order chi connectivity index (χ1) is 11.4. The number of imide groups is 1. The number of nitrogens with one attached hydrogen (secondary N) is 1. The Morgan fingerprint density at radius 2 is 2.00 bits per heavy atom. The van der Waals surface area contributed by atoms with Gasteiger partial charge in [0.15, 0.2) is 0 Å². The SMILES string of the molecule is NC(=O)NC(=O)Cn1cnc2cc(-c3ccc(Cl)cc3)sc2c1=O. The Hall–Kier alpha value is -2.71. The van der Waals surface area contributed by atoms with Gasteiger partial charge in [-0.1, -0.05) is 23.7 Å². The summed E-state index contributed by atoms with van der Waals surface area (Å²) in [5.41, 5.74) is 5.98. The maximum Gasteiger partial charge on any atom is 0.318 e. The molecule has 0 saturated heterocycles. The predicted molar refractivity (Wildman–Crippen MR) is 92.1 cm³/mol. The predicted octanol–water partition coefficient (Wildman–Crippen LogP) is 1.97. The second-order valence-electron chi connectivity index (χ2n) is 4.92. The van der Waals surface area contributed by atoms with Crippen LogP contribution in [-0.2, 0) is 11.3 Å². The molecule has 3 N–H and O–H groups in total. The number of fused-ring (bicyclic) bond motifs is 1. The van der Waals surface area contributed by atoms with Crippen molar-refractivity contribution < 1.29 is 9.59 Å². The zero-order chi connectivity index (χ0) is 17.3. The maximum absolute atomic E-state index is 12.5. The minimum Gasteiger partial charge on any atom is -0.351 e. The van der Waals surface area contributed by atoms with E-state index in [2.05, 4.69) is 4.98 Å². The number of aromatic nitrogens is 2. The van der Waals surface area contributed by atoms with Gasteiger partial charge in [0.05, 0.1) is 11.8 Å². The number of nitrogens with zero attached hydrogens (tertiary/aromatic N) is 2. The topological polar surface area (TPSA) is 107 Å². The Balaban J connectivity index is 1.97. The number of halogens is 1. The molecule has 0 aliphatic carbocycles. The highest BCUT2D eigenvalue weighted by molar-refractivity contribution is 7.22. The monoisotopic (exact) mass is 362 g/mol. The van der Waals surface area contributed by atoms with Gasteiger partial charge in [-0.2, -0.15) is 0 Å². The summed E-state index contributed by atoms with van der Waals surface area (Å²) in [6, 6.07) is 8.07. The van der Waals surface area contributed by atoms with Gasteiger partial charge in [0.25, 0.3) is 5.56 Å². The molecule has 24 heavy (non-hydrogen) atoms. The molecule has 9 heteroatoms. The first-order valence-corrected chi connectivity index (χ1v) is 7.97. The van der Waals surface area contributed by atoms with Gasteiger partial charge >= 0.3 is 6.03 Å². The molecule has 0 bridgehead atoms. The smallest absolute Gasteiger partial charge is 0.318 e. The average Bonchev–Trinajstić information content (AvgIpc) is 2.95. The van der Waals surface area contributed by atoms with Crippen LogP contribution in [0.25, 0.3) is 20.7 Å². The van der Waals surface area contributed by atoms with Gasteiger partial charge in [0.1, 0.15) is 11.2 Å². The summed E-state index contributed by atoms with van der Waals surface area (Å²) in [6.45, 7) is -0.334. The molecular weight excluding hydrogens is 352 g/mol. The molecule has 2 heterocycles. The van der Waals surface area contributed by atoms with E-state index >= 15 is 0 Å². The molecule has 1 aromatic carbocycles. The van der Waals surface area contributed by atoms with E-state index < -0.39 is 11.9 Å². The zero-order valence-corrected chi connectivity index (χ0v) is 13.7. The lowest BCUT2D eigenvalue weighted by molar-refractivity contribution is -0.120. The number of hydrogen-bond acceptors (Lipinski definition) is 5. The fourth-order valence-electron chi connectivity index (χ4n) is 2.15. The fourth-order valence-corrected chi connectivity index (χ4v) is 3.34. The van der Waals surface area contributed by atoms with Crippen molar-refractivity contribution in [1.82, 2.24) is 14.9 Å². The van der Waals surface area contributed by atoms with E-state index in [-0.39, 0.29) is 12.1 Å². The molecule has 3 amide bonds. The number of thiophene rings is 1. The number of carbonyl (C=O) groups excluding carboxylic acids is 2. The molecule has 0 aliphatic heterocycles. The molecule has 0 spiro atoms. The fraction of sp³-hybridized carbons (Fsp3) is 0.0667. The van der Waals surface area contributed by atoms with Crippen LogP contribution in [0.1, 0.15) is 0 Å². The van der Waals surface area contributed by atoms with E-state index in [1.165, 1.54) is 17.7 Å². The van der Waals surface area contributed by atoms with Crippen molar-refractivity contribution in [3.63, 3.8) is 0 Å². The van der Waals surface area contributed by atoms with Crippen LogP contribution in [0.4, 0.5) is 4.79 Å². The first-order valence-electron chi connectivity index (χ1n) is 6.78. The van der Waals surface area contributed by atoms with Crippen LogP contribution < -0.4 is 16.6 Å². The summed E-state index contributed by atoms with van der Waals surface area (Å²) >= 11 is 7.15. The van der Waals surface area contributed by atoms with Crippen LogP contribution in [0.3, 0.4) is 0 Å². The minimum absolute atomic E-state index is 0.334. The summed E-state index contributed by atoms with van der Waals surface area (Å²) in [4.78, 5) is 39.7. The van der Waals surface area contributed by atoms with Crippen molar-refractivity contribution in [3.8, 4) is 10.4 Å². The largest absolute Gasteiger partial charge is 0.351 e. The van der Waals surface area contributed by atoms with Gasteiger partial charge in [0.2, 0.25) is 5.91 Å². The lowest BCUT2D eigenvalue weighted by atomic mass is 10.2. The molecule has 7 nitrogen and oxygen atoms in total. The Labute approximate surface area is 144 Å². The van der Waals surface area contributed by atoms with E-state index in [4.69, 9.17) is 17.3 Å². The Morgan fingerprint density at radius 3 is 2.67 bits per heavy atom. The standard InChI is InChI=1S/C15H11ClN4O3S/c16-9-3-1-8(2-4-9)11-5-10-13(24-11)14(22)20(7-18-10)6-12(21)19-15(17)23/h1-5,7H,6H2,(H3,17,19,21,23). The van der Waals surface area contributed by atoms with Gasteiger partial charge in [-0.05, 0) is 23.8 Å². The van der Waals surface area contributed by atoms with Crippen molar-refractivity contribution in [3.05, 3.63) is 52.0 Å². The molecule has 0 aliphatic rings. The van der Waals surface area contributed by atoms with Gasteiger partial charge in [-0.3, -0.25) is 19.5 Å². The number of urea groups is 1. The molecular formula is C15H11ClN4O3S. The Kier molecular flexibility index (Phi) is 4.32. The number of carbonyl (C=O) groups is 2. The molecule has 0 saturated carbocycles. The number of hydrogen-bond donors (Lipinski definition) is 2. The third kappa shape index (κ3) is 3.29. The molecule has 2 aromatic heterocycles. The van der Waals surface area contributed by atoms with Gasteiger partial charge < -0.3 is 5.73 Å². The normalized spacial score (nSPS) is 10.7. The van der Waals surface area contributed by atoms with Gasteiger partial charge in [-0.25, -0.2) is 9.78 Å². The highest BCUT2D eigenvalue weighted by Crippen LogP contribution is 2.31. The van der Waals surface area contributed by atoms with Crippen LogP contribution in [0.15, 0.2) is 41.5 Å². The molecule has 0 unspecified atom stereocenters. The molecule has 0 atom stereocenters. The van der Waals surface area contributed by atoms with E-state index in [9.17, 15) is 14.4 Å². The number of nitrogens with two attached hydrogens (primary N) is 1. The Bertz CT molecular complexity index is 994. The average molecular weight is 363 g/mol. The lowest BCUT2D eigenvalue weighted by Crippen LogP contribution is -2.39. The summed E-state index contributed by atoms with van der Waals surface area (Å²) in [5.74, 6) is -0.680. The summed E-state index contributed by atoms with van der Waals surface area (Å²) in [7, 11) is 0. The number of amides is 3. The number of benzene rings is 1. The van der Waals surface area contributed by atoms with Gasteiger partial charge in [-0.15, -0.1) is 11.3 Å². The first kappa shape index (κ1) is 16.2.